The first kappa shape index (κ1) is 16.9. The molecule has 0 bridgehead atoms. The van der Waals surface area contributed by atoms with Crippen molar-refractivity contribution in [2.75, 3.05) is 19.7 Å². The van der Waals surface area contributed by atoms with Crippen LogP contribution in [0.1, 0.15) is 32.6 Å². The second kappa shape index (κ2) is 8.83. The van der Waals surface area contributed by atoms with Gasteiger partial charge in [-0.3, -0.25) is 9.59 Å². The van der Waals surface area contributed by atoms with Gasteiger partial charge in [0, 0.05) is 24.4 Å². The van der Waals surface area contributed by atoms with Crippen molar-refractivity contribution in [1.82, 2.24) is 4.90 Å². The highest BCUT2D eigenvalue weighted by Crippen LogP contribution is 2.27. The van der Waals surface area contributed by atoms with E-state index >= 15 is 0 Å². The Hall–Kier alpha value is -1.49. The molecule has 1 aromatic carbocycles. The van der Waals surface area contributed by atoms with Gasteiger partial charge in [0.25, 0.3) is 0 Å². The molecular weight excluding hydrogens is 298 g/mol. The number of carbonyl (C=O) groups is 2. The van der Waals surface area contributed by atoms with Gasteiger partial charge >= 0.3 is 5.97 Å². The predicted octanol–water partition coefficient (Wildman–Crippen LogP) is 3.11. The van der Waals surface area contributed by atoms with E-state index in [0.29, 0.717) is 6.61 Å². The number of hydrogen-bond acceptors (Lipinski definition) is 4. The molecule has 2 rings (SSSR count). The lowest BCUT2D eigenvalue weighted by Gasteiger charge is -2.28. The molecule has 1 aliphatic rings. The van der Waals surface area contributed by atoms with E-state index in [1.165, 1.54) is 18.2 Å². The highest BCUT2D eigenvalue weighted by molar-refractivity contribution is 8.00. The van der Waals surface area contributed by atoms with Crippen molar-refractivity contribution < 1.29 is 14.3 Å². The standard InChI is InChI=1S/C17H23NO3S/c1-2-21-17(20)15(22-14-9-5-3-6-10-14)13-16(19)18-11-7-4-8-12-18/h3,5-6,9-10,15H,2,4,7-8,11-13H2,1H3. The first-order valence-corrected chi connectivity index (χ1v) is 8.74. The van der Waals surface area contributed by atoms with Crippen molar-refractivity contribution in [2.24, 2.45) is 0 Å². The van der Waals surface area contributed by atoms with Crippen LogP contribution in [0.25, 0.3) is 0 Å². The zero-order valence-corrected chi connectivity index (χ0v) is 13.8. The van der Waals surface area contributed by atoms with Crippen LogP contribution in [0, 0.1) is 0 Å². The Labute approximate surface area is 136 Å². The third-order valence-electron chi connectivity index (χ3n) is 3.64. The number of hydrogen-bond donors (Lipinski definition) is 0. The quantitative estimate of drug-likeness (QED) is 0.596. The number of nitrogens with zero attached hydrogens (tertiary/aromatic N) is 1. The number of ether oxygens (including phenoxy) is 1. The van der Waals surface area contributed by atoms with E-state index in [4.69, 9.17) is 4.74 Å². The number of likely N-dealkylation sites (tertiary alicyclic amines) is 1. The van der Waals surface area contributed by atoms with Gasteiger partial charge < -0.3 is 9.64 Å². The molecule has 0 spiro atoms. The molecule has 0 aromatic heterocycles. The predicted molar refractivity (Wildman–Crippen MR) is 87.8 cm³/mol. The van der Waals surface area contributed by atoms with E-state index < -0.39 is 5.25 Å². The summed E-state index contributed by atoms with van der Waals surface area (Å²) in [7, 11) is 0. The van der Waals surface area contributed by atoms with Crippen molar-refractivity contribution in [3.05, 3.63) is 30.3 Å². The van der Waals surface area contributed by atoms with Crippen molar-refractivity contribution in [2.45, 2.75) is 42.8 Å². The molecule has 0 saturated carbocycles. The Kier molecular flexibility index (Phi) is 6.77. The second-order valence-corrected chi connectivity index (χ2v) is 6.59. The van der Waals surface area contributed by atoms with Crippen LogP contribution in [0.2, 0.25) is 0 Å². The first-order valence-electron chi connectivity index (χ1n) is 7.87. The van der Waals surface area contributed by atoms with Crippen molar-refractivity contribution in [3.8, 4) is 0 Å². The molecule has 1 saturated heterocycles. The molecule has 0 N–H and O–H groups in total. The normalized spacial score (nSPS) is 16.1. The van der Waals surface area contributed by atoms with Gasteiger partial charge in [0.05, 0.1) is 6.61 Å². The summed E-state index contributed by atoms with van der Waals surface area (Å²) in [6.45, 7) is 3.74. The molecule has 1 heterocycles. The largest absolute Gasteiger partial charge is 0.465 e. The van der Waals surface area contributed by atoms with Crippen molar-refractivity contribution >= 4 is 23.6 Å². The van der Waals surface area contributed by atoms with Crippen LogP contribution in [0.3, 0.4) is 0 Å². The van der Waals surface area contributed by atoms with Gasteiger partial charge in [0.2, 0.25) is 5.91 Å². The fraction of sp³-hybridized carbons (Fsp3) is 0.529. The van der Waals surface area contributed by atoms with Gasteiger partial charge in [0.1, 0.15) is 5.25 Å². The Morgan fingerprint density at radius 3 is 2.50 bits per heavy atom. The lowest BCUT2D eigenvalue weighted by atomic mass is 10.1. The zero-order chi connectivity index (χ0) is 15.8. The van der Waals surface area contributed by atoms with Gasteiger partial charge in [-0.05, 0) is 38.3 Å². The van der Waals surface area contributed by atoms with Gasteiger partial charge in [-0.25, -0.2) is 0 Å². The summed E-state index contributed by atoms with van der Waals surface area (Å²) in [5.41, 5.74) is 0. The lowest BCUT2D eigenvalue weighted by Crippen LogP contribution is -2.38. The summed E-state index contributed by atoms with van der Waals surface area (Å²) in [5.74, 6) is -0.247. The number of thioether (sulfide) groups is 1. The monoisotopic (exact) mass is 321 g/mol. The minimum absolute atomic E-state index is 0.0567. The van der Waals surface area contributed by atoms with Gasteiger partial charge in [0.15, 0.2) is 0 Å². The maximum Gasteiger partial charge on any atom is 0.319 e. The summed E-state index contributed by atoms with van der Waals surface area (Å²) >= 11 is 1.41. The van der Waals surface area contributed by atoms with E-state index in [9.17, 15) is 9.59 Å². The van der Waals surface area contributed by atoms with Crippen LogP contribution in [-0.2, 0) is 14.3 Å². The molecule has 1 atom stereocenters. The molecular formula is C17H23NO3S. The molecule has 0 aliphatic carbocycles. The van der Waals surface area contributed by atoms with Crippen LogP contribution in [0.4, 0.5) is 0 Å². The number of amides is 1. The molecule has 1 aromatic rings. The fourth-order valence-electron chi connectivity index (χ4n) is 2.50. The zero-order valence-electron chi connectivity index (χ0n) is 13.0. The molecule has 1 fully saturated rings. The summed E-state index contributed by atoms with van der Waals surface area (Å²) in [5, 5.41) is -0.475. The van der Waals surface area contributed by atoms with E-state index in [1.54, 1.807) is 6.92 Å². The highest BCUT2D eigenvalue weighted by atomic mass is 32.2. The van der Waals surface area contributed by atoms with Gasteiger partial charge in [-0.2, -0.15) is 0 Å². The molecule has 1 amide bonds. The minimum Gasteiger partial charge on any atom is -0.465 e. The van der Waals surface area contributed by atoms with Crippen molar-refractivity contribution in [1.29, 1.82) is 0 Å². The molecule has 22 heavy (non-hydrogen) atoms. The van der Waals surface area contributed by atoms with Gasteiger partial charge in [-0.15, -0.1) is 11.8 Å². The summed E-state index contributed by atoms with van der Waals surface area (Å²) < 4.78 is 5.13. The molecule has 1 aliphatic heterocycles. The summed E-state index contributed by atoms with van der Waals surface area (Å²) in [4.78, 5) is 27.4. The third kappa shape index (κ3) is 5.05. The highest BCUT2D eigenvalue weighted by Gasteiger charge is 2.27. The van der Waals surface area contributed by atoms with Crippen LogP contribution in [-0.4, -0.2) is 41.7 Å². The molecule has 0 radical (unpaired) electrons. The first-order chi connectivity index (χ1) is 10.7. The molecule has 5 heteroatoms. The van der Waals surface area contributed by atoms with E-state index in [1.807, 2.05) is 35.2 Å². The average molecular weight is 321 g/mol. The number of rotatable bonds is 6. The Morgan fingerprint density at radius 1 is 1.18 bits per heavy atom. The van der Waals surface area contributed by atoms with Crippen molar-refractivity contribution in [3.63, 3.8) is 0 Å². The third-order valence-corrected chi connectivity index (χ3v) is 4.83. The lowest BCUT2D eigenvalue weighted by molar-refractivity contribution is -0.145. The second-order valence-electron chi connectivity index (χ2n) is 5.32. The topological polar surface area (TPSA) is 46.6 Å². The molecule has 4 nitrogen and oxygen atoms in total. The van der Waals surface area contributed by atoms with E-state index in [0.717, 1.165) is 30.8 Å². The number of esters is 1. The Balaban J connectivity index is 2.00. The van der Waals surface area contributed by atoms with E-state index in [-0.39, 0.29) is 18.3 Å². The average Bonchev–Trinajstić information content (AvgIpc) is 2.56. The maximum absolute atomic E-state index is 12.4. The molecule has 1 unspecified atom stereocenters. The summed E-state index contributed by atoms with van der Waals surface area (Å²) in [6.07, 6.45) is 3.51. The summed E-state index contributed by atoms with van der Waals surface area (Å²) in [6, 6.07) is 9.68. The minimum atomic E-state index is -0.475. The van der Waals surface area contributed by atoms with Gasteiger partial charge in [-0.1, -0.05) is 18.2 Å². The smallest absolute Gasteiger partial charge is 0.319 e. The molecule has 120 valence electrons. The number of carbonyl (C=O) groups excluding carboxylic acids is 2. The van der Waals surface area contributed by atoms with E-state index in [2.05, 4.69) is 0 Å². The van der Waals surface area contributed by atoms with Crippen LogP contribution >= 0.6 is 11.8 Å². The Bertz CT molecular complexity index is 486. The SMILES string of the molecule is CCOC(=O)C(CC(=O)N1CCCCC1)Sc1ccccc1. The maximum atomic E-state index is 12.4. The number of piperidine rings is 1. The number of benzene rings is 1. The van der Waals surface area contributed by atoms with Crippen LogP contribution in [0.5, 0.6) is 0 Å². The van der Waals surface area contributed by atoms with Crippen LogP contribution in [0.15, 0.2) is 35.2 Å². The fourth-order valence-corrected chi connectivity index (χ4v) is 3.54. The Morgan fingerprint density at radius 2 is 1.86 bits per heavy atom. The van der Waals surface area contributed by atoms with Crippen LogP contribution < -0.4 is 0 Å².